The predicted octanol–water partition coefficient (Wildman–Crippen LogP) is 2.80. The zero-order valence-corrected chi connectivity index (χ0v) is 18.3. The van der Waals surface area contributed by atoms with Crippen molar-refractivity contribution in [3.05, 3.63) is 63.2 Å². The zero-order chi connectivity index (χ0) is 19.8. The number of nitrogens with zero attached hydrogens (tertiary/aromatic N) is 1. The van der Waals surface area contributed by atoms with Crippen LogP contribution in [0.4, 0.5) is 0 Å². The molecule has 0 aromatic heterocycles. The van der Waals surface area contributed by atoms with Gasteiger partial charge >= 0.3 is 0 Å². The lowest BCUT2D eigenvalue weighted by molar-refractivity contribution is -0.890. The van der Waals surface area contributed by atoms with Crippen LogP contribution in [0.15, 0.2) is 53.4 Å². The summed E-state index contributed by atoms with van der Waals surface area (Å²) in [5, 5.41) is 8.92. The van der Waals surface area contributed by atoms with Crippen molar-refractivity contribution < 1.29 is 22.6 Å². The zero-order valence-electron chi connectivity index (χ0n) is 15.4. The molecule has 0 amide bonds. The Morgan fingerprint density at radius 2 is 1.54 bits per heavy atom. The van der Waals surface area contributed by atoms with Gasteiger partial charge in [0.15, 0.2) is 0 Å². The summed E-state index contributed by atoms with van der Waals surface area (Å²) in [6, 6.07) is 14.4. The van der Waals surface area contributed by atoms with Crippen molar-refractivity contribution in [3.8, 4) is 0 Å². The van der Waals surface area contributed by atoms with E-state index in [0.717, 1.165) is 29.6 Å². The summed E-state index contributed by atoms with van der Waals surface area (Å²) in [6.45, 7) is 3.98. The first-order chi connectivity index (χ1) is 12.0. The summed E-state index contributed by atoms with van der Waals surface area (Å²) < 4.78 is 33.3. The second kappa shape index (κ2) is 10.4. The Hall–Kier alpha value is -1.00. The van der Waals surface area contributed by atoms with Gasteiger partial charge in [-0.15, -0.1) is 0 Å². The monoisotopic (exact) mass is 491 g/mol. The van der Waals surface area contributed by atoms with Crippen LogP contribution in [0.3, 0.4) is 0 Å². The fraction of sp³-hybridized carbons (Fsp3) is 0.368. The summed E-state index contributed by atoms with van der Waals surface area (Å²) in [4.78, 5) is -0.178. The molecule has 0 aliphatic rings. The lowest BCUT2D eigenvalue weighted by atomic mass is 10.1. The maximum absolute atomic E-state index is 10.4. The van der Waals surface area contributed by atoms with Gasteiger partial charge in [0.2, 0.25) is 0 Å². The topological polar surface area (TPSA) is 77.4 Å². The number of halogens is 1. The van der Waals surface area contributed by atoms with E-state index in [1.807, 2.05) is 6.92 Å². The highest BCUT2D eigenvalue weighted by atomic mass is 127. The van der Waals surface area contributed by atoms with E-state index in [-0.39, 0.29) is 11.5 Å². The molecule has 0 spiro atoms. The number of quaternary nitrogens is 1. The summed E-state index contributed by atoms with van der Waals surface area (Å²) in [6.07, 6.45) is 1.07. The Balaban J connectivity index is 0.000000273. The molecule has 0 unspecified atom stereocenters. The van der Waals surface area contributed by atoms with Crippen LogP contribution in [-0.4, -0.2) is 56.4 Å². The summed E-state index contributed by atoms with van der Waals surface area (Å²) in [7, 11) is 0.0418. The van der Waals surface area contributed by atoms with Gasteiger partial charge in [0.25, 0.3) is 0 Å². The Kier molecular flexibility index (Phi) is 9.18. The van der Waals surface area contributed by atoms with Crippen LogP contribution in [0.25, 0.3) is 0 Å². The molecule has 2 rings (SSSR count). The lowest BCUT2D eigenvalue weighted by Crippen LogP contribution is -2.43. The van der Waals surface area contributed by atoms with Crippen LogP contribution in [0, 0.1) is 10.5 Å². The molecule has 0 aliphatic carbocycles. The third-order valence-electron chi connectivity index (χ3n) is 3.93. The van der Waals surface area contributed by atoms with E-state index in [2.05, 4.69) is 61.0 Å². The molecule has 26 heavy (non-hydrogen) atoms. The highest BCUT2D eigenvalue weighted by Crippen LogP contribution is 2.09. The quantitative estimate of drug-likeness (QED) is 0.383. The largest absolute Gasteiger partial charge is 0.744 e. The number of aryl methyl sites for hydroxylation is 1. The molecule has 0 radical (unpaired) electrons. The van der Waals surface area contributed by atoms with Crippen molar-refractivity contribution in [2.75, 3.05) is 33.8 Å². The van der Waals surface area contributed by atoms with E-state index in [0.29, 0.717) is 0 Å². The summed E-state index contributed by atoms with van der Waals surface area (Å²) in [5.74, 6) is 0. The average molecular weight is 491 g/mol. The first-order valence-electron chi connectivity index (χ1n) is 8.23. The van der Waals surface area contributed by atoms with Crippen LogP contribution in [0.1, 0.15) is 11.1 Å². The van der Waals surface area contributed by atoms with Gasteiger partial charge in [0, 0.05) is 9.99 Å². The maximum atomic E-state index is 10.4. The number of hydrogen-bond donors (Lipinski definition) is 1. The number of rotatable bonds is 6. The molecule has 2 aromatic rings. The van der Waals surface area contributed by atoms with Crippen LogP contribution >= 0.6 is 22.6 Å². The Bertz CT molecular complexity index is 772. The molecule has 0 bridgehead atoms. The number of likely N-dealkylation sites (N-methyl/N-ethyl adjacent to an activating group) is 1. The maximum Gasteiger partial charge on any atom is 0.124 e. The Labute approximate surface area is 170 Å². The van der Waals surface area contributed by atoms with Gasteiger partial charge in [-0.3, -0.25) is 0 Å². The number of hydrogen-bond acceptors (Lipinski definition) is 4. The molecule has 0 saturated heterocycles. The molecule has 5 nitrogen and oxygen atoms in total. The highest BCUT2D eigenvalue weighted by Gasteiger charge is 2.13. The van der Waals surface area contributed by atoms with Crippen molar-refractivity contribution in [2.45, 2.75) is 18.2 Å². The van der Waals surface area contributed by atoms with E-state index >= 15 is 0 Å². The average Bonchev–Trinajstić information content (AvgIpc) is 2.54. The lowest BCUT2D eigenvalue weighted by Gasteiger charge is -2.28. The van der Waals surface area contributed by atoms with Crippen molar-refractivity contribution in [1.82, 2.24) is 0 Å². The molecular weight excluding hydrogens is 465 g/mol. The van der Waals surface area contributed by atoms with Crippen molar-refractivity contribution in [3.63, 3.8) is 0 Å². The molecule has 144 valence electrons. The minimum Gasteiger partial charge on any atom is -0.744 e. The van der Waals surface area contributed by atoms with Gasteiger partial charge < -0.3 is 14.1 Å². The van der Waals surface area contributed by atoms with E-state index in [1.54, 1.807) is 12.1 Å². The van der Waals surface area contributed by atoms with E-state index in [1.165, 1.54) is 21.3 Å². The molecule has 7 heteroatoms. The second-order valence-corrected chi connectivity index (χ2v) is 9.38. The first-order valence-corrected chi connectivity index (χ1v) is 10.7. The third kappa shape index (κ3) is 9.09. The van der Waals surface area contributed by atoms with Crippen molar-refractivity contribution in [1.29, 1.82) is 0 Å². The Morgan fingerprint density at radius 1 is 1.00 bits per heavy atom. The highest BCUT2D eigenvalue weighted by molar-refractivity contribution is 14.1. The molecule has 0 aliphatic heterocycles. The van der Waals surface area contributed by atoms with Gasteiger partial charge in [-0.05, 0) is 59.3 Å². The number of aliphatic hydroxyl groups excluding tert-OH is 1. The van der Waals surface area contributed by atoms with Crippen LogP contribution < -0.4 is 0 Å². The standard InChI is InChI=1S/C12H19INO.C7H8O3S/c1-14(2,9-10-15)8-7-11-3-5-12(13)6-4-11;1-6-2-4-7(5-3-6)11(8,9)10/h3-6,15H,7-10H2,1-2H3;2-5H,1H3,(H,8,9,10)/q+1;/p-1. The van der Waals surface area contributed by atoms with Crippen LogP contribution in [0.2, 0.25) is 0 Å². The van der Waals surface area contributed by atoms with Gasteiger partial charge in [-0.1, -0.05) is 29.8 Å². The van der Waals surface area contributed by atoms with E-state index in [4.69, 9.17) is 5.11 Å². The van der Waals surface area contributed by atoms with Gasteiger partial charge in [-0.25, -0.2) is 8.42 Å². The van der Waals surface area contributed by atoms with Gasteiger partial charge in [0.05, 0.1) is 32.1 Å². The Morgan fingerprint density at radius 3 is 2.00 bits per heavy atom. The molecule has 2 aromatic carbocycles. The fourth-order valence-electron chi connectivity index (χ4n) is 2.17. The molecular formula is C19H26INO4S. The predicted molar refractivity (Wildman–Crippen MR) is 111 cm³/mol. The summed E-state index contributed by atoms with van der Waals surface area (Å²) in [5.41, 5.74) is 2.30. The van der Waals surface area contributed by atoms with Gasteiger partial charge in [-0.2, -0.15) is 0 Å². The van der Waals surface area contributed by atoms with Crippen molar-refractivity contribution >= 4 is 32.7 Å². The van der Waals surface area contributed by atoms with Crippen LogP contribution in [0.5, 0.6) is 0 Å². The van der Waals surface area contributed by atoms with E-state index in [9.17, 15) is 13.0 Å². The SMILES string of the molecule is C[N+](C)(CCO)CCc1ccc(I)cc1.Cc1ccc(S(=O)(=O)[O-])cc1. The minimum absolute atomic E-state index is 0.178. The van der Waals surface area contributed by atoms with Crippen molar-refractivity contribution in [2.24, 2.45) is 0 Å². The molecule has 0 atom stereocenters. The molecule has 0 heterocycles. The molecule has 0 fully saturated rings. The first kappa shape index (κ1) is 23.0. The van der Waals surface area contributed by atoms with Gasteiger partial charge in [0.1, 0.15) is 16.7 Å². The van der Waals surface area contributed by atoms with Crippen LogP contribution in [-0.2, 0) is 16.5 Å². The normalized spacial score (nSPS) is 11.6. The number of aliphatic hydroxyl groups is 1. The third-order valence-corrected chi connectivity index (χ3v) is 5.50. The number of benzene rings is 2. The minimum atomic E-state index is -4.27. The smallest absolute Gasteiger partial charge is 0.124 e. The second-order valence-electron chi connectivity index (χ2n) is 6.75. The molecule has 0 saturated carbocycles. The fourth-order valence-corrected chi connectivity index (χ4v) is 3.00. The van der Waals surface area contributed by atoms with E-state index < -0.39 is 10.1 Å². The summed E-state index contributed by atoms with van der Waals surface area (Å²) >= 11 is 2.32. The molecule has 1 N–H and O–H groups in total.